The monoisotopic (exact) mass is 316 g/mol. The molecule has 0 unspecified atom stereocenters. The van der Waals surface area contributed by atoms with Crippen LogP contribution in [0.2, 0.25) is 12.1 Å². The molecule has 7 heteroatoms. The highest BCUT2D eigenvalue weighted by Crippen LogP contribution is 2.19. The van der Waals surface area contributed by atoms with Gasteiger partial charge in [0.05, 0.1) is 0 Å². The van der Waals surface area contributed by atoms with E-state index in [-0.39, 0.29) is 0 Å². The predicted octanol–water partition coefficient (Wildman–Crippen LogP) is -0.468. The van der Waals surface area contributed by atoms with Crippen LogP contribution in [0.15, 0.2) is 0 Å². The van der Waals surface area contributed by atoms with Crippen LogP contribution in [0.3, 0.4) is 0 Å². The summed E-state index contributed by atoms with van der Waals surface area (Å²) in [5.41, 5.74) is 0. The van der Waals surface area contributed by atoms with Gasteiger partial charge in [-0.25, -0.2) is 0 Å². The molecule has 0 spiro atoms. The van der Waals surface area contributed by atoms with Gasteiger partial charge in [0, 0.05) is 91.8 Å². The number of nitrogens with zero attached hydrogens (tertiary/aromatic N) is 2. The quantitative estimate of drug-likeness (QED) is 0.591. The number of nitrogens with one attached hydrogen (secondary N) is 2. The van der Waals surface area contributed by atoms with Crippen LogP contribution in [-0.2, 0) is 8.85 Å². The zero-order valence-corrected chi connectivity index (χ0v) is 14.7. The van der Waals surface area contributed by atoms with E-state index in [4.69, 9.17) is 8.85 Å². The van der Waals surface area contributed by atoms with Gasteiger partial charge in [-0.2, -0.15) is 0 Å². The first-order chi connectivity index (χ1) is 10.3. The summed E-state index contributed by atoms with van der Waals surface area (Å²) in [6.45, 7) is 11.2. The Hall–Kier alpha value is -0.0231. The highest BCUT2D eigenvalue weighted by atomic mass is 28.4. The zero-order valence-electron chi connectivity index (χ0n) is 13.7. The predicted molar refractivity (Wildman–Crippen MR) is 88.0 cm³/mol. The van der Waals surface area contributed by atoms with Crippen molar-refractivity contribution in [3.05, 3.63) is 0 Å². The van der Waals surface area contributed by atoms with Crippen LogP contribution >= 0.6 is 0 Å². The average molecular weight is 317 g/mol. The van der Waals surface area contributed by atoms with E-state index < -0.39 is 8.56 Å². The molecular weight excluding hydrogens is 284 g/mol. The van der Waals surface area contributed by atoms with Gasteiger partial charge in [-0.15, -0.1) is 0 Å². The molecule has 0 aromatic rings. The van der Waals surface area contributed by atoms with E-state index in [1.54, 1.807) is 0 Å². The number of rotatable bonds is 8. The van der Waals surface area contributed by atoms with Crippen LogP contribution < -0.4 is 10.6 Å². The Bertz CT molecular complexity index is 256. The Labute approximate surface area is 130 Å². The van der Waals surface area contributed by atoms with Crippen LogP contribution in [0.25, 0.3) is 0 Å². The van der Waals surface area contributed by atoms with Gasteiger partial charge >= 0.3 is 8.56 Å². The maximum atomic E-state index is 5.90. The molecule has 124 valence electrons. The summed E-state index contributed by atoms with van der Waals surface area (Å²) in [7, 11) is 1.64. The molecule has 2 aliphatic heterocycles. The van der Waals surface area contributed by atoms with E-state index in [9.17, 15) is 0 Å². The minimum absolute atomic E-state index is 1.08. The molecule has 2 fully saturated rings. The van der Waals surface area contributed by atoms with E-state index in [0.717, 1.165) is 77.5 Å². The third kappa shape index (κ3) is 5.59. The second kappa shape index (κ2) is 9.19. The first kappa shape index (κ1) is 17.3. The fourth-order valence-electron chi connectivity index (χ4n) is 3.14. The lowest BCUT2D eigenvalue weighted by molar-refractivity contribution is 0.200. The van der Waals surface area contributed by atoms with Gasteiger partial charge in [-0.1, -0.05) is 0 Å². The second-order valence-corrected chi connectivity index (χ2v) is 9.64. The van der Waals surface area contributed by atoms with E-state index >= 15 is 0 Å². The lowest BCUT2D eigenvalue weighted by atomic mass is 10.4. The Morgan fingerprint density at radius 2 is 1.14 bits per heavy atom. The summed E-state index contributed by atoms with van der Waals surface area (Å²) in [5.74, 6) is 0. The van der Waals surface area contributed by atoms with Crippen molar-refractivity contribution in [1.29, 1.82) is 0 Å². The van der Waals surface area contributed by atoms with Gasteiger partial charge in [-0.05, 0) is 0 Å². The van der Waals surface area contributed by atoms with Crippen LogP contribution in [0.5, 0.6) is 0 Å². The topological polar surface area (TPSA) is 49.0 Å². The first-order valence-electron chi connectivity index (χ1n) is 8.24. The van der Waals surface area contributed by atoms with Crippen LogP contribution in [-0.4, -0.2) is 98.0 Å². The highest BCUT2D eigenvalue weighted by molar-refractivity contribution is 6.67. The number of hydrogen-bond acceptors (Lipinski definition) is 6. The third-order valence-corrected chi connectivity index (χ3v) is 8.24. The van der Waals surface area contributed by atoms with E-state index in [1.165, 1.54) is 0 Å². The minimum Gasteiger partial charge on any atom is -0.398 e. The minimum atomic E-state index is -2.04. The number of hydrogen-bond donors (Lipinski definition) is 2. The molecule has 0 amide bonds. The maximum absolute atomic E-state index is 5.90. The molecule has 21 heavy (non-hydrogen) atoms. The fraction of sp³-hybridized carbons (Fsp3) is 1.00. The van der Waals surface area contributed by atoms with Crippen LogP contribution in [0.4, 0.5) is 0 Å². The fourth-order valence-corrected chi connectivity index (χ4v) is 5.69. The van der Waals surface area contributed by atoms with Gasteiger partial charge < -0.3 is 29.3 Å². The van der Waals surface area contributed by atoms with Crippen LogP contribution in [0, 0.1) is 0 Å². The molecule has 0 saturated carbocycles. The summed E-state index contributed by atoms with van der Waals surface area (Å²) in [6.07, 6.45) is 0. The van der Waals surface area contributed by atoms with E-state index in [2.05, 4.69) is 20.4 Å². The molecule has 2 N–H and O–H groups in total. The molecule has 2 saturated heterocycles. The average Bonchev–Trinajstić information content (AvgIpc) is 2.58. The summed E-state index contributed by atoms with van der Waals surface area (Å²) in [5, 5.41) is 6.81. The van der Waals surface area contributed by atoms with E-state index in [0.29, 0.717) is 0 Å². The van der Waals surface area contributed by atoms with Crippen molar-refractivity contribution in [2.24, 2.45) is 0 Å². The largest absolute Gasteiger partial charge is 0.398 e. The van der Waals surface area contributed by atoms with Crippen molar-refractivity contribution in [3.63, 3.8) is 0 Å². The van der Waals surface area contributed by atoms with Crippen LogP contribution in [0.1, 0.15) is 0 Å². The van der Waals surface area contributed by atoms with Gasteiger partial charge in [0.1, 0.15) is 0 Å². The lowest BCUT2D eigenvalue weighted by Gasteiger charge is -2.34. The molecular formula is C14H32N4O2Si. The smallest absolute Gasteiger partial charge is 0.340 e. The molecule has 2 heterocycles. The molecule has 0 radical (unpaired) electrons. The molecule has 0 aliphatic carbocycles. The molecule has 0 atom stereocenters. The SMILES string of the molecule is CO[Si](CCN1CCNCC1)(CCN1CCNCC1)OC. The Kier molecular flexibility index (Phi) is 7.59. The zero-order chi connectivity index (χ0) is 15.0. The summed E-state index contributed by atoms with van der Waals surface area (Å²) in [6, 6.07) is 2.15. The highest BCUT2D eigenvalue weighted by Gasteiger charge is 2.36. The Balaban J connectivity index is 1.76. The second-order valence-electron chi connectivity index (χ2n) is 6.00. The van der Waals surface area contributed by atoms with Crippen molar-refractivity contribution in [1.82, 2.24) is 20.4 Å². The molecule has 0 bridgehead atoms. The summed E-state index contributed by atoms with van der Waals surface area (Å²) < 4.78 is 11.8. The standard InChI is InChI=1S/C14H32N4O2Si/c1-19-21(20-2,13-11-17-7-3-15-4-8-17)14-12-18-9-5-16-6-10-18/h15-16H,3-14H2,1-2H3. The normalized spacial score (nSPS) is 22.6. The first-order valence-corrected chi connectivity index (χ1v) is 10.5. The summed E-state index contributed by atoms with van der Waals surface area (Å²) >= 11 is 0. The van der Waals surface area contributed by atoms with Gasteiger partial charge in [-0.3, -0.25) is 0 Å². The lowest BCUT2D eigenvalue weighted by Crippen LogP contribution is -2.50. The van der Waals surface area contributed by atoms with Gasteiger partial charge in [0.2, 0.25) is 0 Å². The number of piperazine rings is 2. The maximum Gasteiger partial charge on any atom is 0.340 e. The molecule has 0 aromatic heterocycles. The Morgan fingerprint density at radius 3 is 1.48 bits per heavy atom. The third-order valence-electron chi connectivity index (χ3n) is 4.78. The molecule has 0 aromatic carbocycles. The van der Waals surface area contributed by atoms with Crippen molar-refractivity contribution in [2.45, 2.75) is 12.1 Å². The Morgan fingerprint density at radius 1 is 0.762 bits per heavy atom. The molecule has 2 rings (SSSR count). The van der Waals surface area contributed by atoms with Crippen molar-refractivity contribution in [2.75, 3.05) is 79.7 Å². The van der Waals surface area contributed by atoms with Gasteiger partial charge in [0.15, 0.2) is 0 Å². The summed E-state index contributed by atoms with van der Waals surface area (Å²) in [4.78, 5) is 5.06. The molecule has 2 aliphatic rings. The van der Waals surface area contributed by atoms with E-state index in [1.807, 2.05) is 14.2 Å². The molecule has 6 nitrogen and oxygen atoms in total. The van der Waals surface area contributed by atoms with Crippen molar-refractivity contribution < 1.29 is 8.85 Å². The van der Waals surface area contributed by atoms with Crippen molar-refractivity contribution in [3.8, 4) is 0 Å². The van der Waals surface area contributed by atoms with Gasteiger partial charge in [0.25, 0.3) is 0 Å². The van der Waals surface area contributed by atoms with Crippen molar-refractivity contribution >= 4 is 8.56 Å².